The first-order chi connectivity index (χ1) is 12.6. The Bertz CT molecular complexity index is 917. The number of halogens is 1. The van der Waals surface area contributed by atoms with E-state index < -0.39 is 0 Å². The maximum atomic E-state index is 13.4. The molecule has 26 heavy (non-hydrogen) atoms. The molecule has 0 bridgehead atoms. The van der Waals surface area contributed by atoms with E-state index in [2.05, 4.69) is 20.7 Å². The van der Waals surface area contributed by atoms with Crippen LogP contribution in [-0.2, 0) is 0 Å². The molecule has 2 aromatic heterocycles. The van der Waals surface area contributed by atoms with Crippen LogP contribution in [0.5, 0.6) is 0 Å². The summed E-state index contributed by atoms with van der Waals surface area (Å²) in [5, 5.41) is 20.8. The van der Waals surface area contributed by atoms with Crippen molar-refractivity contribution in [1.29, 1.82) is 0 Å². The van der Waals surface area contributed by atoms with Crippen molar-refractivity contribution in [2.24, 2.45) is 0 Å². The second-order valence-electron chi connectivity index (χ2n) is 6.86. The molecule has 1 aliphatic carbocycles. The van der Waals surface area contributed by atoms with Crippen molar-refractivity contribution in [2.45, 2.75) is 44.8 Å². The fourth-order valence-corrected chi connectivity index (χ4v) is 3.35. The molecule has 2 heterocycles. The van der Waals surface area contributed by atoms with Crippen LogP contribution in [0.4, 0.5) is 21.8 Å². The van der Waals surface area contributed by atoms with Crippen LogP contribution in [0.3, 0.4) is 0 Å². The average molecular weight is 355 g/mol. The Kier molecular flexibility index (Phi) is 4.46. The quantitative estimate of drug-likeness (QED) is 0.666. The Labute approximate surface area is 151 Å². The Hall–Kier alpha value is -2.67. The fourth-order valence-electron chi connectivity index (χ4n) is 3.35. The van der Waals surface area contributed by atoms with Crippen molar-refractivity contribution in [3.8, 4) is 0 Å². The third kappa shape index (κ3) is 3.48. The summed E-state index contributed by atoms with van der Waals surface area (Å²) in [6.07, 6.45) is 3.34. The van der Waals surface area contributed by atoms with Crippen molar-refractivity contribution >= 4 is 23.1 Å². The number of fused-ring (bicyclic) bond motifs is 1. The van der Waals surface area contributed by atoms with E-state index in [1.54, 1.807) is 23.6 Å². The predicted octanol–water partition coefficient (Wildman–Crippen LogP) is 3.64. The SMILES string of the molecule is Cc1cc(Nc2nc3cccc(NC4CCC(O)CC4)n3n2)ccc1F. The molecule has 0 aliphatic heterocycles. The molecule has 4 rings (SSSR count). The molecule has 1 fully saturated rings. The van der Waals surface area contributed by atoms with Crippen LogP contribution >= 0.6 is 0 Å². The molecule has 1 aromatic carbocycles. The van der Waals surface area contributed by atoms with Gasteiger partial charge in [-0.1, -0.05) is 6.07 Å². The summed E-state index contributed by atoms with van der Waals surface area (Å²) in [5.74, 6) is 1.10. The van der Waals surface area contributed by atoms with Crippen LogP contribution in [0.1, 0.15) is 31.2 Å². The summed E-state index contributed by atoms with van der Waals surface area (Å²) in [4.78, 5) is 4.49. The summed E-state index contributed by atoms with van der Waals surface area (Å²) in [6, 6.07) is 11.0. The van der Waals surface area contributed by atoms with E-state index in [9.17, 15) is 9.50 Å². The molecule has 3 aromatic rings. The van der Waals surface area contributed by atoms with E-state index in [1.165, 1.54) is 6.07 Å². The van der Waals surface area contributed by atoms with Crippen molar-refractivity contribution in [1.82, 2.24) is 14.6 Å². The molecule has 0 unspecified atom stereocenters. The van der Waals surface area contributed by atoms with Gasteiger partial charge in [-0.2, -0.15) is 9.50 Å². The van der Waals surface area contributed by atoms with Crippen molar-refractivity contribution in [2.75, 3.05) is 10.6 Å². The van der Waals surface area contributed by atoms with Crippen LogP contribution in [0.15, 0.2) is 36.4 Å². The van der Waals surface area contributed by atoms with E-state index in [0.717, 1.165) is 42.8 Å². The molecule has 0 saturated heterocycles. The van der Waals surface area contributed by atoms with Crippen LogP contribution in [0.25, 0.3) is 5.65 Å². The Morgan fingerprint density at radius 2 is 1.96 bits per heavy atom. The molecule has 0 amide bonds. The first-order valence-electron chi connectivity index (χ1n) is 8.92. The molecular weight excluding hydrogens is 333 g/mol. The Balaban J connectivity index is 1.56. The molecule has 1 saturated carbocycles. The third-order valence-electron chi connectivity index (χ3n) is 4.82. The highest BCUT2D eigenvalue weighted by molar-refractivity contribution is 5.58. The predicted molar refractivity (Wildman–Crippen MR) is 99.3 cm³/mol. The standard InChI is InChI=1S/C19H22FN5O/c1-12-11-14(7-10-16(12)20)22-19-23-18-4-2-3-17(25(18)24-19)21-13-5-8-15(26)9-6-13/h2-4,7,10-11,13,15,21,26H,5-6,8-9H2,1H3,(H,22,24). The van der Waals surface area contributed by atoms with Gasteiger partial charge in [-0.05, 0) is 68.5 Å². The molecule has 6 nitrogen and oxygen atoms in total. The summed E-state index contributed by atoms with van der Waals surface area (Å²) in [5.41, 5.74) is 2.04. The lowest BCUT2D eigenvalue weighted by atomic mass is 9.93. The smallest absolute Gasteiger partial charge is 0.247 e. The topological polar surface area (TPSA) is 74.5 Å². The largest absolute Gasteiger partial charge is 0.393 e. The van der Waals surface area contributed by atoms with E-state index >= 15 is 0 Å². The number of nitrogens with one attached hydrogen (secondary N) is 2. The number of nitrogens with zero attached hydrogens (tertiary/aromatic N) is 3. The highest BCUT2D eigenvalue weighted by Gasteiger charge is 2.20. The monoisotopic (exact) mass is 355 g/mol. The lowest BCUT2D eigenvalue weighted by Gasteiger charge is -2.26. The van der Waals surface area contributed by atoms with Crippen LogP contribution in [-0.4, -0.2) is 31.9 Å². The Morgan fingerprint density at radius 1 is 1.15 bits per heavy atom. The average Bonchev–Trinajstić information content (AvgIpc) is 3.04. The second kappa shape index (κ2) is 6.92. The minimum atomic E-state index is -0.234. The number of aliphatic hydroxyl groups is 1. The first kappa shape index (κ1) is 16.8. The molecule has 0 radical (unpaired) electrons. The second-order valence-corrected chi connectivity index (χ2v) is 6.86. The minimum Gasteiger partial charge on any atom is -0.393 e. The lowest BCUT2D eigenvalue weighted by molar-refractivity contribution is 0.126. The van der Waals surface area contributed by atoms with Gasteiger partial charge in [-0.3, -0.25) is 0 Å². The number of hydrogen-bond acceptors (Lipinski definition) is 5. The zero-order chi connectivity index (χ0) is 18.1. The molecule has 3 N–H and O–H groups in total. The van der Waals surface area contributed by atoms with Gasteiger partial charge >= 0.3 is 0 Å². The van der Waals surface area contributed by atoms with Crippen molar-refractivity contribution in [3.05, 3.63) is 47.8 Å². The zero-order valence-corrected chi connectivity index (χ0v) is 14.6. The number of benzene rings is 1. The number of aliphatic hydroxyl groups excluding tert-OH is 1. The number of aromatic nitrogens is 3. The maximum Gasteiger partial charge on any atom is 0.247 e. The van der Waals surface area contributed by atoms with E-state index in [1.807, 2.05) is 18.2 Å². The van der Waals surface area contributed by atoms with Gasteiger partial charge in [0.05, 0.1) is 6.10 Å². The maximum absolute atomic E-state index is 13.4. The number of hydrogen-bond donors (Lipinski definition) is 3. The fraction of sp³-hybridized carbons (Fsp3) is 0.368. The summed E-state index contributed by atoms with van der Waals surface area (Å²) in [7, 11) is 0. The number of rotatable bonds is 4. The molecule has 0 spiro atoms. The van der Waals surface area contributed by atoms with Gasteiger partial charge in [0.2, 0.25) is 5.95 Å². The van der Waals surface area contributed by atoms with E-state index in [-0.39, 0.29) is 11.9 Å². The highest BCUT2D eigenvalue weighted by Crippen LogP contribution is 2.23. The normalized spacial score (nSPS) is 20.3. The number of pyridine rings is 1. The van der Waals surface area contributed by atoms with Gasteiger partial charge in [-0.15, -0.1) is 5.10 Å². The molecule has 1 aliphatic rings. The van der Waals surface area contributed by atoms with Gasteiger partial charge in [0, 0.05) is 11.7 Å². The van der Waals surface area contributed by atoms with Crippen LogP contribution in [0.2, 0.25) is 0 Å². The molecule has 136 valence electrons. The lowest BCUT2D eigenvalue weighted by Crippen LogP contribution is -2.29. The van der Waals surface area contributed by atoms with Crippen molar-refractivity contribution in [3.63, 3.8) is 0 Å². The van der Waals surface area contributed by atoms with E-state index in [0.29, 0.717) is 17.6 Å². The zero-order valence-electron chi connectivity index (χ0n) is 14.6. The summed E-state index contributed by atoms with van der Waals surface area (Å²) >= 11 is 0. The molecule has 7 heteroatoms. The Morgan fingerprint density at radius 3 is 2.73 bits per heavy atom. The van der Waals surface area contributed by atoms with Crippen LogP contribution in [0, 0.1) is 12.7 Å². The molecule has 0 atom stereocenters. The summed E-state index contributed by atoms with van der Waals surface area (Å²) < 4.78 is 15.2. The van der Waals surface area contributed by atoms with Crippen molar-refractivity contribution < 1.29 is 9.50 Å². The minimum absolute atomic E-state index is 0.176. The molecular formula is C19H22FN5O. The number of anilines is 3. The first-order valence-corrected chi connectivity index (χ1v) is 8.92. The third-order valence-corrected chi connectivity index (χ3v) is 4.82. The highest BCUT2D eigenvalue weighted by atomic mass is 19.1. The van der Waals surface area contributed by atoms with Gasteiger partial charge in [0.1, 0.15) is 11.6 Å². The van der Waals surface area contributed by atoms with Gasteiger partial charge in [0.15, 0.2) is 5.65 Å². The number of aryl methyl sites for hydroxylation is 1. The van der Waals surface area contributed by atoms with Gasteiger partial charge in [-0.25, -0.2) is 4.39 Å². The summed E-state index contributed by atoms with van der Waals surface area (Å²) in [6.45, 7) is 1.72. The van der Waals surface area contributed by atoms with E-state index in [4.69, 9.17) is 0 Å². The van der Waals surface area contributed by atoms with Gasteiger partial charge < -0.3 is 15.7 Å². The van der Waals surface area contributed by atoms with Gasteiger partial charge in [0.25, 0.3) is 0 Å². The van der Waals surface area contributed by atoms with Crippen LogP contribution < -0.4 is 10.6 Å².